The van der Waals surface area contributed by atoms with Gasteiger partial charge in [0.15, 0.2) is 0 Å². The van der Waals surface area contributed by atoms with Crippen molar-refractivity contribution >= 4 is 17.5 Å². The van der Waals surface area contributed by atoms with Crippen LogP contribution in [0.2, 0.25) is 0 Å². The van der Waals surface area contributed by atoms with Crippen molar-refractivity contribution in [3.8, 4) is 0 Å². The van der Waals surface area contributed by atoms with Gasteiger partial charge in [0.2, 0.25) is 5.91 Å². The van der Waals surface area contributed by atoms with Gasteiger partial charge in [-0.05, 0) is 30.6 Å². The Kier molecular flexibility index (Phi) is 5.78. The lowest BCUT2D eigenvalue weighted by Gasteiger charge is -2.22. The average molecular weight is 260 g/mol. The van der Waals surface area contributed by atoms with Crippen LogP contribution in [0.1, 0.15) is 59.3 Å². The molecule has 1 amide bonds. The van der Waals surface area contributed by atoms with E-state index in [1.807, 2.05) is 0 Å². The van der Waals surface area contributed by atoms with Gasteiger partial charge in [0.1, 0.15) is 0 Å². The van der Waals surface area contributed by atoms with Crippen LogP contribution < -0.4 is 5.32 Å². The third-order valence-electron chi connectivity index (χ3n) is 3.30. The van der Waals surface area contributed by atoms with Crippen LogP contribution in [-0.2, 0) is 4.79 Å². The van der Waals surface area contributed by atoms with Crippen LogP contribution in [0.4, 0.5) is 0 Å². The van der Waals surface area contributed by atoms with E-state index < -0.39 is 0 Å². The number of halogens is 1. The van der Waals surface area contributed by atoms with Gasteiger partial charge in [0.25, 0.3) is 0 Å². The van der Waals surface area contributed by atoms with E-state index in [2.05, 4.69) is 26.1 Å². The molecule has 0 radical (unpaired) electrons. The van der Waals surface area contributed by atoms with Crippen molar-refractivity contribution in [1.29, 1.82) is 0 Å². The minimum Gasteiger partial charge on any atom is -0.355 e. The maximum Gasteiger partial charge on any atom is 0.220 e. The highest BCUT2D eigenvalue weighted by Crippen LogP contribution is 2.27. The number of nitrogens with one attached hydrogen (secondary N) is 1. The van der Waals surface area contributed by atoms with Crippen LogP contribution >= 0.6 is 11.6 Å². The molecule has 0 bridgehead atoms. The molecule has 1 unspecified atom stereocenters. The standard InChI is InChI=1S/C14H26ClNO/c1-14(2,3)9-12(15)10-16-13(17)8-11-6-4-5-7-11/h11-12H,4-10H2,1-3H3,(H,16,17). The predicted molar refractivity (Wildman–Crippen MR) is 73.3 cm³/mol. The van der Waals surface area contributed by atoms with Crippen LogP contribution in [0.3, 0.4) is 0 Å². The first-order chi connectivity index (χ1) is 7.87. The van der Waals surface area contributed by atoms with Gasteiger partial charge in [0.05, 0.1) is 5.38 Å². The molecule has 17 heavy (non-hydrogen) atoms. The van der Waals surface area contributed by atoms with Crippen molar-refractivity contribution in [2.75, 3.05) is 6.54 Å². The summed E-state index contributed by atoms with van der Waals surface area (Å²) in [5, 5.41) is 3.01. The zero-order valence-electron chi connectivity index (χ0n) is 11.4. The zero-order valence-corrected chi connectivity index (χ0v) is 12.1. The topological polar surface area (TPSA) is 29.1 Å². The largest absolute Gasteiger partial charge is 0.355 e. The summed E-state index contributed by atoms with van der Waals surface area (Å²) in [6.07, 6.45) is 6.65. The quantitative estimate of drug-likeness (QED) is 0.749. The van der Waals surface area contributed by atoms with Crippen LogP contribution in [0.5, 0.6) is 0 Å². The van der Waals surface area contributed by atoms with Crippen LogP contribution in [0, 0.1) is 11.3 Å². The molecule has 0 saturated heterocycles. The van der Waals surface area contributed by atoms with Crippen LogP contribution in [0.25, 0.3) is 0 Å². The molecular formula is C14H26ClNO. The second-order valence-corrected chi connectivity index (χ2v) is 7.14. The van der Waals surface area contributed by atoms with Gasteiger partial charge in [-0.25, -0.2) is 0 Å². The van der Waals surface area contributed by atoms with E-state index in [1.165, 1.54) is 25.7 Å². The van der Waals surface area contributed by atoms with Crippen molar-refractivity contribution in [1.82, 2.24) is 5.32 Å². The van der Waals surface area contributed by atoms with E-state index in [1.54, 1.807) is 0 Å². The maximum atomic E-state index is 11.7. The monoisotopic (exact) mass is 259 g/mol. The smallest absolute Gasteiger partial charge is 0.220 e. The Morgan fingerprint density at radius 1 is 1.35 bits per heavy atom. The number of carbonyl (C=O) groups is 1. The molecule has 3 heteroatoms. The van der Waals surface area contributed by atoms with Crippen LogP contribution in [0.15, 0.2) is 0 Å². The summed E-state index contributed by atoms with van der Waals surface area (Å²) in [7, 11) is 0. The third-order valence-corrected chi connectivity index (χ3v) is 3.61. The van der Waals surface area contributed by atoms with Gasteiger partial charge >= 0.3 is 0 Å². The van der Waals surface area contributed by atoms with Crippen LogP contribution in [-0.4, -0.2) is 17.8 Å². The Balaban J connectivity index is 2.14. The van der Waals surface area contributed by atoms with Gasteiger partial charge in [-0.15, -0.1) is 11.6 Å². The fourth-order valence-electron chi connectivity index (χ4n) is 2.51. The Labute approximate surface area is 110 Å². The average Bonchev–Trinajstić information content (AvgIpc) is 2.64. The van der Waals surface area contributed by atoms with E-state index >= 15 is 0 Å². The first kappa shape index (κ1) is 14.8. The third kappa shape index (κ3) is 6.92. The fraction of sp³-hybridized carbons (Fsp3) is 0.929. The van der Waals surface area contributed by atoms with Crippen molar-refractivity contribution in [2.45, 2.75) is 64.7 Å². The molecule has 1 saturated carbocycles. The van der Waals surface area contributed by atoms with E-state index in [0.29, 0.717) is 18.9 Å². The Morgan fingerprint density at radius 2 is 1.94 bits per heavy atom. The molecule has 1 aliphatic carbocycles. The minimum absolute atomic E-state index is 0.0440. The van der Waals surface area contributed by atoms with Gasteiger partial charge in [-0.2, -0.15) is 0 Å². The van der Waals surface area contributed by atoms with Gasteiger partial charge in [-0.1, -0.05) is 33.6 Å². The Morgan fingerprint density at radius 3 is 2.47 bits per heavy atom. The summed E-state index contributed by atoms with van der Waals surface area (Å²) in [5.41, 5.74) is 0.225. The molecular weight excluding hydrogens is 234 g/mol. The summed E-state index contributed by atoms with van der Waals surface area (Å²) in [6, 6.07) is 0. The molecule has 0 heterocycles. The highest BCUT2D eigenvalue weighted by Gasteiger charge is 2.20. The lowest BCUT2D eigenvalue weighted by molar-refractivity contribution is -0.122. The number of hydrogen-bond donors (Lipinski definition) is 1. The molecule has 1 rings (SSSR count). The molecule has 0 aromatic rings. The number of carbonyl (C=O) groups excluding carboxylic acids is 1. The molecule has 1 atom stereocenters. The lowest BCUT2D eigenvalue weighted by Crippen LogP contribution is -2.32. The second kappa shape index (κ2) is 6.63. The first-order valence-electron chi connectivity index (χ1n) is 6.77. The molecule has 100 valence electrons. The normalized spacial score (nSPS) is 19.3. The van der Waals surface area contributed by atoms with E-state index in [4.69, 9.17) is 11.6 Å². The lowest BCUT2D eigenvalue weighted by atomic mass is 9.90. The van der Waals surface area contributed by atoms with Crippen molar-refractivity contribution in [2.24, 2.45) is 11.3 Å². The fourth-order valence-corrected chi connectivity index (χ4v) is 3.05. The molecule has 1 fully saturated rings. The summed E-state index contributed by atoms with van der Waals surface area (Å²) < 4.78 is 0. The first-order valence-corrected chi connectivity index (χ1v) is 7.21. The van der Waals surface area contributed by atoms with Crippen molar-refractivity contribution < 1.29 is 4.79 Å². The number of amides is 1. The Hall–Kier alpha value is -0.240. The molecule has 1 aliphatic rings. The summed E-state index contributed by atoms with van der Waals surface area (Å²) >= 11 is 6.21. The molecule has 0 aromatic carbocycles. The van der Waals surface area contributed by atoms with E-state index in [9.17, 15) is 4.79 Å². The number of alkyl halides is 1. The summed E-state index contributed by atoms with van der Waals surface area (Å²) in [6.45, 7) is 7.11. The summed E-state index contributed by atoms with van der Waals surface area (Å²) in [4.78, 5) is 11.7. The van der Waals surface area contributed by atoms with Crippen molar-refractivity contribution in [3.05, 3.63) is 0 Å². The zero-order chi connectivity index (χ0) is 12.9. The van der Waals surface area contributed by atoms with Gasteiger partial charge < -0.3 is 5.32 Å². The molecule has 0 spiro atoms. The van der Waals surface area contributed by atoms with E-state index in [0.717, 1.165) is 6.42 Å². The number of rotatable bonds is 5. The highest BCUT2D eigenvalue weighted by molar-refractivity contribution is 6.20. The van der Waals surface area contributed by atoms with E-state index in [-0.39, 0.29) is 16.7 Å². The molecule has 0 aliphatic heterocycles. The molecule has 2 nitrogen and oxygen atoms in total. The summed E-state index contributed by atoms with van der Waals surface area (Å²) in [5.74, 6) is 0.794. The molecule has 0 aromatic heterocycles. The maximum absolute atomic E-state index is 11.7. The van der Waals surface area contributed by atoms with Gasteiger partial charge in [0, 0.05) is 13.0 Å². The SMILES string of the molecule is CC(C)(C)CC(Cl)CNC(=O)CC1CCCC1. The second-order valence-electron chi connectivity index (χ2n) is 6.52. The molecule has 1 N–H and O–H groups in total. The number of hydrogen-bond acceptors (Lipinski definition) is 1. The van der Waals surface area contributed by atoms with Crippen molar-refractivity contribution in [3.63, 3.8) is 0 Å². The minimum atomic E-state index is 0.0440. The Bertz CT molecular complexity index is 241. The predicted octanol–water partition coefficient (Wildman–Crippen LogP) is 3.73. The van der Waals surface area contributed by atoms with Gasteiger partial charge in [-0.3, -0.25) is 4.79 Å². The highest BCUT2D eigenvalue weighted by atomic mass is 35.5.